The first-order valence-corrected chi connectivity index (χ1v) is 9.27. The zero-order valence-electron chi connectivity index (χ0n) is 14.9. The summed E-state index contributed by atoms with van der Waals surface area (Å²) in [6.07, 6.45) is 20.0. The Kier molecular flexibility index (Phi) is 8.96. The van der Waals surface area contributed by atoms with E-state index in [-0.39, 0.29) is 5.54 Å². The molecule has 0 aromatic heterocycles. The maximum atomic E-state index is 4.80. The monoisotopic (exact) mass is 291 g/mol. The maximum absolute atomic E-state index is 4.80. The highest BCUT2D eigenvalue weighted by atomic mass is 14.9. The van der Waals surface area contributed by atoms with E-state index in [4.69, 9.17) is 4.99 Å². The van der Waals surface area contributed by atoms with Crippen LogP contribution in [0.2, 0.25) is 0 Å². The van der Waals surface area contributed by atoms with Gasteiger partial charge in [0.25, 0.3) is 0 Å². The van der Waals surface area contributed by atoms with Crippen molar-refractivity contribution in [2.24, 2.45) is 16.8 Å². The third kappa shape index (κ3) is 8.44. The van der Waals surface area contributed by atoms with Gasteiger partial charge in [0.1, 0.15) is 0 Å². The molecule has 0 amide bonds. The van der Waals surface area contributed by atoms with Crippen LogP contribution in [0.15, 0.2) is 17.1 Å². The van der Waals surface area contributed by atoms with Gasteiger partial charge in [0.2, 0.25) is 0 Å². The molecule has 0 spiro atoms. The summed E-state index contributed by atoms with van der Waals surface area (Å²) >= 11 is 0. The summed E-state index contributed by atoms with van der Waals surface area (Å²) in [4.78, 5) is 4.80. The molecular weight excluding hydrogens is 254 g/mol. The smallest absolute Gasteiger partial charge is 0.0791 e. The number of unbranched alkanes of at least 4 members (excludes halogenated alkanes) is 4. The van der Waals surface area contributed by atoms with Gasteiger partial charge in [0, 0.05) is 6.21 Å². The number of nitrogens with zero attached hydrogens (tertiary/aromatic N) is 1. The van der Waals surface area contributed by atoms with Crippen LogP contribution in [0.1, 0.15) is 91.9 Å². The van der Waals surface area contributed by atoms with Crippen molar-refractivity contribution in [3.63, 3.8) is 0 Å². The van der Waals surface area contributed by atoms with Gasteiger partial charge in [-0.25, -0.2) is 0 Å². The zero-order chi connectivity index (χ0) is 15.6. The van der Waals surface area contributed by atoms with Crippen LogP contribution in [0, 0.1) is 11.8 Å². The molecular formula is C20H37N. The van der Waals surface area contributed by atoms with Gasteiger partial charge in [0.15, 0.2) is 0 Å². The maximum Gasteiger partial charge on any atom is 0.0791 e. The van der Waals surface area contributed by atoms with Crippen LogP contribution in [-0.2, 0) is 0 Å². The van der Waals surface area contributed by atoms with E-state index in [9.17, 15) is 0 Å². The van der Waals surface area contributed by atoms with Crippen LogP contribution in [0.5, 0.6) is 0 Å². The molecule has 0 N–H and O–H groups in total. The average Bonchev–Trinajstić information content (AvgIpc) is 2.86. The molecule has 0 saturated heterocycles. The van der Waals surface area contributed by atoms with Crippen molar-refractivity contribution < 1.29 is 0 Å². The van der Waals surface area contributed by atoms with E-state index in [1.807, 2.05) is 6.21 Å². The SMILES string of the molecule is CC(C)CCCCCC1(CCCCCC(C)C)C=CC=N1. The lowest BCUT2D eigenvalue weighted by molar-refractivity contribution is 0.403. The molecule has 0 fully saturated rings. The molecule has 0 aromatic carbocycles. The molecule has 1 heterocycles. The molecule has 0 aromatic rings. The second-order valence-electron chi connectivity index (χ2n) is 7.73. The van der Waals surface area contributed by atoms with Crippen molar-refractivity contribution in [1.29, 1.82) is 0 Å². The Morgan fingerprint density at radius 1 is 0.762 bits per heavy atom. The van der Waals surface area contributed by atoms with Crippen LogP contribution in [0.4, 0.5) is 0 Å². The van der Waals surface area contributed by atoms with E-state index >= 15 is 0 Å². The Balaban J connectivity index is 2.18. The van der Waals surface area contributed by atoms with Crippen molar-refractivity contribution in [2.45, 2.75) is 97.4 Å². The fraction of sp³-hybridized carbons (Fsp3) is 0.850. The zero-order valence-corrected chi connectivity index (χ0v) is 14.9. The van der Waals surface area contributed by atoms with Crippen molar-refractivity contribution in [3.05, 3.63) is 12.2 Å². The van der Waals surface area contributed by atoms with Crippen LogP contribution in [0.3, 0.4) is 0 Å². The van der Waals surface area contributed by atoms with Crippen LogP contribution in [-0.4, -0.2) is 11.8 Å². The minimum atomic E-state index is 0.162. The van der Waals surface area contributed by atoms with Crippen LogP contribution < -0.4 is 0 Å². The summed E-state index contributed by atoms with van der Waals surface area (Å²) in [5.41, 5.74) is 0.162. The lowest BCUT2D eigenvalue weighted by atomic mass is 9.87. The Bertz CT molecular complexity index is 280. The predicted octanol–water partition coefficient (Wildman–Crippen LogP) is 6.58. The van der Waals surface area contributed by atoms with E-state index in [1.165, 1.54) is 64.2 Å². The fourth-order valence-electron chi connectivity index (χ4n) is 3.20. The molecule has 122 valence electrons. The summed E-state index contributed by atoms with van der Waals surface area (Å²) in [6.45, 7) is 9.29. The first-order valence-electron chi connectivity index (χ1n) is 9.27. The molecule has 0 bridgehead atoms. The molecule has 1 rings (SSSR count). The van der Waals surface area contributed by atoms with Gasteiger partial charge in [-0.3, -0.25) is 4.99 Å². The van der Waals surface area contributed by atoms with Crippen molar-refractivity contribution in [1.82, 2.24) is 0 Å². The summed E-state index contributed by atoms with van der Waals surface area (Å²) < 4.78 is 0. The minimum Gasteiger partial charge on any atom is -0.282 e. The van der Waals surface area contributed by atoms with Gasteiger partial charge in [-0.2, -0.15) is 0 Å². The number of allylic oxidation sites excluding steroid dienone is 1. The predicted molar refractivity (Wildman–Crippen MR) is 96.2 cm³/mol. The highest BCUT2D eigenvalue weighted by molar-refractivity contribution is 5.75. The van der Waals surface area contributed by atoms with Crippen LogP contribution >= 0.6 is 0 Å². The molecule has 1 aliphatic heterocycles. The second-order valence-corrected chi connectivity index (χ2v) is 7.73. The summed E-state index contributed by atoms with van der Waals surface area (Å²) in [6, 6.07) is 0. The second kappa shape index (κ2) is 10.2. The lowest BCUT2D eigenvalue weighted by Gasteiger charge is -2.24. The molecule has 0 saturated carbocycles. The number of hydrogen-bond donors (Lipinski definition) is 0. The Morgan fingerprint density at radius 2 is 1.29 bits per heavy atom. The first kappa shape index (κ1) is 18.5. The molecule has 0 unspecified atom stereocenters. The molecule has 21 heavy (non-hydrogen) atoms. The molecule has 1 heteroatoms. The van der Waals surface area contributed by atoms with Crippen LogP contribution in [0.25, 0.3) is 0 Å². The largest absolute Gasteiger partial charge is 0.282 e. The summed E-state index contributed by atoms with van der Waals surface area (Å²) in [5.74, 6) is 1.70. The number of hydrogen-bond acceptors (Lipinski definition) is 1. The van der Waals surface area contributed by atoms with Crippen molar-refractivity contribution in [2.75, 3.05) is 0 Å². The van der Waals surface area contributed by atoms with E-state index in [0.29, 0.717) is 0 Å². The van der Waals surface area contributed by atoms with Gasteiger partial charge in [0.05, 0.1) is 5.54 Å². The summed E-state index contributed by atoms with van der Waals surface area (Å²) in [7, 11) is 0. The highest BCUT2D eigenvalue weighted by Gasteiger charge is 2.26. The molecule has 1 nitrogen and oxygen atoms in total. The normalized spacial score (nSPS) is 16.5. The molecule has 1 aliphatic rings. The Hall–Kier alpha value is -0.590. The van der Waals surface area contributed by atoms with E-state index < -0.39 is 0 Å². The highest BCUT2D eigenvalue weighted by Crippen LogP contribution is 2.31. The standard InChI is InChI=1S/C20H37N/c1-18(2)12-7-5-9-14-20(16-11-17-21-20)15-10-6-8-13-19(3)4/h11,16-19H,5-10,12-15H2,1-4H3. The Morgan fingerprint density at radius 3 is 1.67 bits per heavy atom. The third-order valence-electron chi connectivity index (χ3n) is 4.61. The van der Waals surface area contributed by atoms with Gasteiger partial charge < -0.3 is 0 Å². The number of aliphatic imine (C=N–C) groups is 1. The molecule has 0 atom stereocenters. The average molecular weight is 292 g/mol. The van der Waals surface area contributed by atoms with E-state index in [0.717, 1.165) is 11.8 Å². The third-order valence-corrected chi connectivity index (χ3v) is 4.61. The van der Waals surface area contributed by atoms with E-state index in [2.05, 4.69) is 39.8 Å². The first-order chi connectivity index (χ1) is 10.0. The molecule has 0 radical (unpaired) electrons. The molecule has 0 aliphatic carbocycles. The number of rotatable bonds is 12. The van der Waals surface area contributed by atoms with E-state index in [1.54, 1.807) is 0 Å². The lowest BCUT2D eigenvalue weighted by Crippen LogP contribution is -2.21. The summed E-state index contributed by atoms with van der Waals surface area (Å²) in [5, 5.41) is 0. The van der Waals surface area contributed by atoms with Gasteiger partial charge in [-0.15, -0.1) is 0 Å². The van der Waals surface area contributed by atoms with Gasteiger partial charge in [-0.1, -0.05) is 85.1 Å². The van der Waals surface area contributed by atoms with Gasteiger partial charge in [-0.05, 0) is 30.8 Å². The fourth-order valence-corrected chi connectivity index (χ4v) is 3.20. The Labute approximate surface area is 133 Å². The quantitative estimate of drug-likeness (QED) is 0.360. The van der Waals surface area contributed by atoms with Crippen molar-refractivity contribution >= 4 is 6.21 Å². The minimum absolute atomic E-state index is 0.162. The topological polar surface area (TPSA) is 12.4 Å². The van der Waals surface area contributed by atoms with Gasteiger partial charge >= 0.3 is 0 Å². The van der Waals surface area contributed by atoms with Crippen molar-refractivity contribution in [3.8, 4) is 0 Å².